The van der Waals surface area contributed by atoms with E-state index in [9.17, 15) is 9.18 Å². The molecule has 1 aliphatic heterocycles. The zero-order valence-corrected chi connectivity index (χ0v) is 18.2. The van der Waals surface area contributed by atoms with Crippen molar-refractivity contribution in [3.8, 4) is 21.8 Å². The lowest BCUT2D eigenvalue weighted by atomic mass is 10.0. The summed E-state index contributed by atoms with van der Waals surface area (Å²) in [5.74, 6) is -0.347. The molecule has 1 N–H and O–H groups in total. The van der Waals surface area contributed by atoms with Crippen molar-refractivity contribution in [2.75, 3.05) is 6.54 Å². The predicted octanol–water partition coefficient (Wildman–Crippen LogP) is 5.50. The van der Waals surface area contributed by atoms with Crippen LogP contribution in [0.25, 0.3) is 21.8 Å². The smallest absolute Gasteiger partial charge is 0.266 e. The summed E-state index contributed by atoms with van der Waals surface area (Å²) in [6, 6.07) is 13.7. The van der Waals surface area contributed by atoms with Gasteiger partial charge in [0, 0.05) is 46.9 Å². The second-order valence-corrected chi connectivity index (χ2v) is 8.89. The van der Waals surface area contributed by atoms with Crippen LogP contribution in [0.5, 0.6) is 0 Å². The van der Waals surface area contributed by atoms with Crippen LogP contribution in [0.4, 0.5) is 4.39 Å². The zero-order chi connectivity index (χ0) is 21.5. The summed E-state index contributed by atoms with van der Waals surface area (Å²) < 4.78 is 13.2. The molecule has 0 atom stereocenters. The summed E-state index contributed by atoms with van der Waals surface area (Å²) in [5, 5.41) is 8.95. The van der Waals surface area contributed by atoms with Gasteiger partial charge in [-0.1, -0.05) is 23.7 Å². The first-order chi connectivity index (χ1) is 15.0. The number of fused-ring (bicyclic) bond motifs is 1. The van der Waals surface area contributed by atoms with Gasteiger partial charge in [0.1, 0.15) is 15.7 Å². The maximum absolute atomic E-state index is 13.3. The second kappa shape index (κ2) is 7.90. The van der Waals surface area contributed by atoms with Gasteiger partial charge in [-0.05, 0) is 43.3 Å². The van der Waals surface area contributed by atoms with Crippen LogP contribution in [-0.2, 0) is 13.0 Å². The van der Waals surface area contributed by atoms with Crippen molar-refractivity contribution in [1.29, 1.82) is 0 Å². The average molecular weight is 453 g/mol. The molecule has 0 saturated heterocycles. The lowest BCUT2D eigenvalue weighted by Crippen LogP contribution is -2.35. The summed E-state index contributed by atoms with van der Waals surface area (Å²) >= 11 is 7.49. The molecule has 5 nitrogen and oxygen atoms in total. The summed E-state index contributed by atoms with van der Waals surface area (Å²) in [6.45, 7) is 2.91. The Morgan fingerprint density at radius 1 is 1.19 bits per heavy atom. The molecule has 2 aromatic heterocycles. The molecule has 2 aromatic carbocycles. The van der Waals surface area contributed by atoms with Gasteiger partial charge in [0.05, 0.1) is 11.4 Å². The maximum Gasteiger partial charge on any atom is 0.266 e. The number of aromatic nitrogens is 3. The molecule has 4 aromatic rings. The number of aromatic amines is 1. The normalized spacial score (nSPS) is 13.3. The van der Waals surface area contributed by atoms with Gasteiger partial charge in [0.15, 0.2) is 0 Å². The van der Waals surface area contributed by atoms with E-state index in [1.807, 2.05) is 36.1 Å². The molecule has 0 radical (unpaired) electrons. The Kier molecular flexibility index (Phi) is 5.08. The minimum absolute atomic E-state index is 0.0488. The van der Waals surface area contributed by atoms with Crippen molar-refractivity contribution in [2.45, 2.75) is 19.9 Å². The standard InChI is InChI=1S/C23H18ClFN4OS/c1-13-21(31-22(26-13)14-5-7-17(25)8-6-14)23(30)29-10-9-19-18(12-29)20(28-27-19)15-3-2-4-16(24)11-15/h2-8,11H,9-10,12H2,1H3,(H,27,28). The lowest BCUT2D eigenvalue weighted by Gasteiger charge is -2.27. The fourth-order valence-corrected chi connectivity index (χ4v) is 5.03. The molecule has 1 aliphatic rings. The number of hydrogen-bond acceptors (Lipinski definition) is 4. The summed E-state index contributed by atoms with van der Waals surface area (Å²) in [4.78, 5) is 20.3. The first kappa shape index (κ1) is 19.9. The predicted molar refractivity (Wildman–Crippen MR) is 120 cm³/mol. The zero-order valence-electron chi connectivity index (χ0n) is 16.7. The highest BCUT2D eigenvalue weighted by atomic mass is 35.5. The Balaban J connectivity index is 1.43. The monoisotopic (exact) mass is 452 g/mol. The minimum atomic E-state index is -0.298. The molecule has 0 spiro atoms. The van der Waals surface area contributed by atoms with E-state index < -0.39 is 0 Å². The van der Waals surface area contributed by atoms with Gasteiger partial charge in [-0.3, -0.25) is 9.89 Å². The molecule has 8 heteroatoms. The molecular formula is C23H18ClFN4OS. The van der Waals surface area contributed by atoms with E-state index in [1.54, 1.807) is 12.1 Å². The molecule has 1 amide bonds. The fourth-order valence-electron chi connectivity index (χ4n) is 3.80. The van der Waals surface area contributed by atoms with Crippen LogP contribution < -0.4 is 0 Å². The number of amides is 1. The number of nitrogens with zero attached hydrogens (tertiary/aromatic N) is 3. The molecular weight excluding hydrogens is 435 g/mol. The van der Waals surface area contributed by atoms with Gasteiger partial charge in [-0.25, -0.2) is 9.37 Å². The molecule has 156 valence electrons. The Labute approximate surface area is 187 Å². The van der Waals surface area contributed by atoms with Crippen molar-refractivity contribution in [1.82, 2.24) is 20.1 Å². The van der Waals surface area contributed by atoms with Crippen molar-refractivity contribution < 1.29 is 9.18 Å². The number of hydrogen-bond donors (Lipinski definition) is 1. The third-order valence-corrected chi connectivity index (χ3v) is 6.83. The van der Waals surface area contributed by atoms with Gasteiger partial charge >= 0.3 is 0 Å². The number of benzene rings is 2. The second-order valence-electron chi connectivity index (χ2n) is 7.46. The summed E-state index contributed by atoms with van der Waals surface area (Å²) in [7, 11) is 0. The van der Waals surface area contributed by atoms with Crippen LogP contribution in [0.2, 0.25) is 5.02 Å². The maximum atomic E-state index is 13.3. The van der Waals surface area contributed by atoms with Crippen molar-refractivity contribution in [3.05, 3.63) is 81.2 Å². The number of carbonyl (C=O) groups excluding carboxylic acids is 1. The third kappa shape index (κ3) is 3.75. The largest absolute Gasteiger partial charge is 0.333 e. The number of thiazole rings is 1. The van der Waals surface area contributed by atoms with Crippen LogP contribution in [-0.4, -0.2) is 32.5 Å². The first-order valence-electron chi connectivity index (χ1n) is 9.84. The van der Waals surface area contributed by atoms with Crippen LogP contribution in [0.3, 0.4) is 0 Å². The van der Waals surface area contributed by atoms with Crippen LogP contribution in [0.1, 0.15) is 26.6 Å². The topological polar surface area (TPSA) is 61.9 Å². The van der Waals surface area contributed by atoms with Gasteiger partial charge in [-0.2, -0.15) is 5.10 Å². The van der Waals surface area contributed by atoms with Gasteiger partial charge in [-0.15, -0.1) is 11.3 Å². The fraction of sp³-hybridized carbons (Fsp3) is 0.174. The van der Waals surface area contributed by atoms with E-state index in [2.05, 4.69) is 15.2 Å². The van der Waals surface area contributed by atoms with E-state index in [0.717, 1.165) is 28.1 Å². The number of carbonyl (C=O) groups is 1. The highest BCUT2D eigenvalue weighted by Gasteiger charge is 2.28. The first-order valence-corrected chi connectivity index (χ1v) is 11.0. The number of nitrogens with one attached hydrogen (secondary N) is 1. The average Bonchev–Trinajstić information content (AvgIpc) is 3.37. The van der Waals surface area contributed by atoms with Crippen molar-refractivity contribution in [3.63, 3.8) is 0 Å². The van der Waals surface area contributed by atoms with Crippen molar-refractivity contribution in [2.24, 2.45) is 0 Å². The Hall–Kier alpha value is -3.03. The number of rotatable bonds is 3. The van der Waals surface area contributed by atoms with Gasteiger partial charge in [0.25, 0.3) is 5.91 Å². The van der Waals surface area contributed by atoms with E-state index in [0.29, 0.717) is 40.1 Å². The minimum Gasteiger partial charge on any atom is -0.333 e. The Morgan fingerprint density at radius 3 is 2.77 bits per heavy atom. The third-order valence-electron chi connectivity index (χ3n) is 5.40. The van der Waals surface area contributed by atoms with Crippen LogP contribution in [0, 0.1) is 12.7 Å². The van der Waals surface area contributed by atoms with Gasteiger partial charge in [0.2, 0.25) is 0 Å². The molecule has 0 aliphatic carbocycles. The van der Waals surface area contributed by atoms with Crippen LogP contribution >= 0.6 is 22.9 Å². The number of H-pyrrole nitrogens is 1. The molecule has 0 saturated carbocycles. The van der Waals surface area contributed by atoms with E-state index in [-0.39, 0.29) is 11.7 Å². The Bertz CT molecular complexity index is 1280. The van der Waals surface area contributed by atoms with E-state index >= 15 is 0 Å². The number of halogens is 2. The van der Waals surface area contributed by atoms with Gasteiger partial charge < -0.3 is 4.90 Å². The molecule has 31 heavy (non-hydrogen) atoms. The van der Waals surface area contributed by atoms with Crippen LogP contribution in [0.15, 0.2) is 48.5 Å². The summed E-state index contributed by atoms with van der Waals surface area (Å²) in [5.41, 5.74) is 5.29. The number of aryl methyl sites for hydroxylation is 1. The highest BCUT2D eigenvalue weighted by molar-refractivity contribution is 7.17. The van der Waals surface area contributed by atoms with E-state index in [1.165, 1.54) is 23.5 Å². The molecule has 0 fully saturated rings. The van der Waals surface area contributed by atoms with Crippen molar-refractivity contribution >= 4 is 28.8 Å². The molecule has 0 unspecified atom stereocenters. The molecule has 0 bridgehead atoms. The van der Waals surface area contributed by atoms with E-state index in [4.69, 9.17) is 11.6 Å². The quantitative estimate of drug-likeness (QED) is 0.446. The molecule has 3 heterocycles. The SMILES string of the molecule is Cc1nc(-c2ccc(F)cc2)sc1C(=O)N1CCc2[nH]nc(-c3cccc(Cl)c3)c2C1. The Morgan fingerprint density at radius 2 is 2.00 bits per heavy atom. The lowest BCUT2D eigenvalue weighted by molar-refractivity contribution is 0.0738. The summed E-state index contributed by atoms with van der Waals surface area (Å²) in [6.07, 6.45) is 0.706. The highest BCUT2D eigenvalue weighted by Crippen LogP contribution is 2.33. The molecule has 5 rings (SSSR count).